The van der Waals surface area contributed by atoms with Gasteiger partial charge in [0.15, 0.2) is 11.2 Å². The van der Waals surface area contributed by atoms with E-state index in [2.05, 4.69) is 271 Å². The number of fused-ring (bicyclic) bond motifs is 15. The maximum Gasteiger partial charge on any atom is 0.159 e. The molecule has 0 N–H and O–H groups in total. The summed E-state index contributed by atoms with van der Waals surface area (Å²) < 4.78 is 13.7. The first-order chi connectivity index (χ1) is 36.3. The van der Waals surface area contributed by atoms with Crippen molar-refractivity contribution < 1.29 is 8.83 Å². The fourth-order valence-corrected chi connectivity index (χ4v) is 14.0. The van der Waals surface area contributed by atoms with Crippen LogP contribution < -0.4 is 9.80 Å². The molecule has 4 nitrogen and oxygen atoms in total. The van der Waals surface area contributed by atoms with E-state index in [1.165, 1.54) is 54.6 Å². The molecule has 75 heavy (non-hydrogen) atoms. The average Bonchev–Trinajstić information content (AvgIpc) is 4.18. The van der Waals surface area contributed by atoms with Gasteiger partial charge in [0.25, 0.3) is 0 Å². The highest BCUT2D eigenvalue weighted by Crippen LogP contribution is 2.68. The van der Waals surface area contributed by atoms with Gasteiger partial charge in [-0.25, -0.2) is 0 Å². The zero-order chi connectivity index (χ0) is 51.1. The molecular formula is C71H58N2O2. The number of hydrogen-bond donors (Lipinski definition) is 0. The quantitative estimate of drug-likeness (QED) is 0.155. The van der Waals surface area contributed by atoms with Gasteiger partial charge in [0, 0.05) is 49.7 Å². The van der Waals surface area contributed by atoms with Gasteiger partial charge < -0.3 is 18.6 Å². The lowest BCUT2D eigenvalue weighted by Gasteiger charge is -2.53. The van der Waals surface area contributed by atoms with Gasteiger partial charge >= 0.3 is 0 Å². The number of benzene rings is 11. The molecule has 2 heterocycles. The lowest BCUT2D eigenvalue weighted by Crippen LogP contribution is -2.50. The van der Waals surface area contributed by atoms with E-state index in [4.69, 9.17) is 8.83 Å². The number of rotatable bonds is 6. The number of anilines is 6. The summed E-state index contributed by atoms with van der Waals surface area (Å²) in [5, 5.41) is 11.9. The molecule has 2 aromatic heterocycles. The molecule has 0 bridgehead atoms. The third-order valence-corrected chi connectivity index (χ3v) is 16.7. The summed E-state index contributed by atoms with van der Waals surface area (Å²) >= 11 is 0. The molecule has 364 valence electrons. The molecule has 0 saturated heterocycles. The molecule has 4 heteroatoms. The zero-order valence-electron chi connectivity index (χ0n) is 43.8. The predicted octanol–water partition coefficient (Wildman–Crippen LogP) is 20.9. The number of furan rings is 2. The Morgan fingerprint density at radius 2 is 0.813 bits per heavy atom. The molecule has 0 aliphatic heterocycles. The predicted molar refractivity (Wildman–Crippen MR) is 317 cm³/mol. The standard InChI is InChI=1S/C71H58N2O2/c1-43-21-17-29-54-56-31-19-33-61(67(56)74-65(43)54)72(47-23-11-9-12-24-47)49-36-35-45-40-59-60(41-46(45)39-49)71(69(3,4)5,70(6,7)8)64-53-38-37-50(42-58(53)51-27-15-16-28-52(51)63(59)64)73(48-25-13-10-14-26-48)62-34-20-32-57-55-30-18-22-44(2)66(55)75-68(57)62/h9-42H,1-8H3. The molecule has 0 unspecified atom stereocenters. The first kappa shape index (κ1) is 45.0. The maximum atomic E-state index is 6.88. The highest BCUT2D eigenvalue weighted by Gasteiger charge is 2.59. The van der Waals surface area contributed by atoms with Crippen molar-refractivity contribution in [2.75, 3.05) is 9.80 Å². The van der Waals surface area contributed by atoms with Crippen molar-refractivity contribution in [3.63, 3.8) is 0 Å². The Labute approximate surface area is 438 Å². The van der Waals surface area contributed by atoms with Gasteiger partial charge in [-0.2, -0.15) is 0 Å². The number of nitrogens with zero attached hydrogens (tertiary/aromatic N) is 2. The van der Waals surface area contributed by atoms with Gasteiger partial charge in [-0.1, -0.05) is 175 Å². The molecule has 11 aromatic carbocycles. The highest BCUT2D eigenvalue weighted by molar-refractivity contribution is 6.21. The molecule has 0 radical (unpaired) electrons. The van der Waals surface area contributed by atoms with Crippen molar-refractivity contribution in [1.29, 1.82) is 0 Å². The van der Waals surface area contributed by atoms with Gasteiger partial charge in [-0.3, -0.25) is 0 Å². The Morgan fingerprint density at radius 1 is 0.347 bits per heavy atom. The normalized spacial score (nSPS) is 13.4. The second-order valence-electron chi connectivity index (χ2n) is 23.0. The van der Waals surface area contributed by atoms with E-state index in [1.54, 1.807) is 0 Å². The van der Waals surface area contributed by atoms with Crippen molar-refractivity contribution in [3.05, 3.63) is 229 Å². The van der Waals surface area contributed by atoms with Crippen LogP contribution in [0.1, 0.15) is 63.8 Å². The first-order valence-corrected chi connectivity index (χ1v) is 26.4. The van der Waals surface area contributed by atoms with Crippen LogP contribution in [0.2, 0.25) is 0 Å². The van der Waals surface area contributed by atoms with Crippen LogP contribution >= 0.6 is 0 Å². The summed E-state index contributed by atoms with van der Waals surface area (Å²) in [6.45, 7) is 19.0. The molecule has 1 aliphatic rings. The van der Waals surface area contributed by atoms with Crippen LogP contribution in [-0.2, 0) is 5.41 Å². The SMILES string of the molecule is Cc1cccc2c1oc1c(N(c3ccccc3)c3ccc4cc5c(cc4c3)C(C(C)(C)C)(C(C)(C)C)c3c-5c4ccccc4c4cc(N(c5ccccc5)c5cccc6c5oc5c(C)cccc56)ccc34)cccc12. The fraction of sp³-hybridized carbons (Fsp3) is 0.155. The van der Waals surface area contributed by atoms with Gasteiger partial charge in [0.2, 0.25) is 0 Å². The van der Waals surface area contributed by atoms with Crippen molar-refractivity contribution in [3.8, 4) is 11.1 Å². The molecule has 13 aromatic rings. The van der Waals surface area contributed by atoms with E-state index < -0.39 is 5.41 Å². The van der Waals surface area contributed by atoms with Crippen molar-refractivity contribution in [2.45, 2.75) is 60.8 Å². The van der Waals surface area contributed by atoms with E-state index >= 15 is 0 Å². The highest BCUT2D eigenvalue weighted by atomic mass is 16.3. The molecule has 0 atom stereocenters. The van der Waals surface area contributed by atoms with Crippen molar-refractivity contribution in [1.82, 2.24) is 0 Å². The average molecular weight is 971 g/mol. The Balaban J connectivity index is 1.01. The molecule has 0 amide bonds. The molecule has 0 saturated carbocycles. The molecule has 0 fully saturated rings. The minimum absolute atomic E-state index is 0.221. The second-order valence-corrected chi connectivity index (χ2v) is 23.0. The third kappa shape index (κ3) is 6.42. The summed E-state index contributed by atoms with van der Waals surface area (Å²) in [5.74, 6) is 0. The summed E-state index contributed by atoms with van der Waals surface area (Å²) in [4.78, 5) is 4.75. The molecule has 0 spiro atoms. The minimum Gasteiger partial charge on any atom is -0.454 e. The first-order valence-electron chi connectivity index (χ1n) is 26.4. The van der Waals surface area contributed by atoms with Gasteiger partial charge in [-0.05, 0) is 163 Å². The van der Waals surface area contributed by atoms with Crippen LogP contribution in [0.3, 0.4) is 0 Å². The number of aryl methyl sites for hydroxylation is 2. The Morgan fingerprint density at radius 3 is 1.36 bits per heavy atom. The number of para-hydroxylation sites is 6. The van der Waals surface area contributed by atoms with Crippen LogP contribution in [0.5, 0.6) is 0 Å². The molecule has 14 rings (SSSR count). The lowest BCUT2D eigenvalue weighted by molar-refractivity contribution is 0.0965. The lowest BCUT2D eigenvalue weighted by atomic mass is 9.49. The largest absolute Gasteiger partial charge is 0.454 e. The maximum absolute atomic E-state index is 6.88. The Hall–Kier alpha value is -8.60. The monoisotopic (exact) mass is 970 g/mol. The van der Waals surface area contributed by atoms with E-state index in [1.807, 2.05) is 0 Å². The second kappa shape index (κ2) is 16.2. The van der Waals surface area contributed by atoms with E-state index in [-0.39, 0.29) is 10.8 Å². The summed E-state index contributed by atoms with van der Waals surface area (Å²) in [5.41, 5.74) is 16.8. The van der Waals surface area contributed by atoms with Gasteiger partial charge in [-0.15, -0.1) is 0 Å². The minimum atomic E-state index is -0.424. The fourth-order valence-electron chi connectivity index (χ4n) is 14.0. The topological polar surface area (TPSA) is 32.8 Å². The Bertz CT molecular complexity index is 4450. The van der Waals surface area contributed by atoms with Gasteiger partial charge in [0.05, 0.1) is 11.4 Å². The van der Waals surface area contributed by atoms with E-state index in [0.29, 0.717) is 0 Å². The van der Waals surface area contributed by atoms with Gasteiger partial charge in [0.1, 0.15) is 11.2 Å². The summed E-state index contributed by atoms with van der Waals surface area (Å²) in [7, 11) is 0. The van der Waals surface area contributed by atoms with E-state index in [0.717, 1.165) is 89.1 Å². The van der Waals surface area contributed by atoms with Crippen molar-refractivity contribution >= 4 is 110 Å². The summed E-state index contributed by atoms with van der Waals surface area (Å²) in [6, 6.07) is 75.9. The zero-order valence-corrected chi connectivity index (χ0v) is 43.8. The van der Waals surface area contributed by atoms with Crippen LogP contribution in [0, 0.1) is 24.7 Å². The van der Waals surface area contributed by atoms with Crippen LogP contribution in [0.15, 0.2) is 215 Å². The smallest absolute Gasteiger partial charge is 0.159 e. The van der Waals surface area contributed by atoms with E-state index in [9.17, 15) is 0 Å². The summed E-state index contributed by atoms with van der Waals surface area (Å²) in [6.07, 6.45) is 0. The Kier molecular flexibility index (Phi) is 9.73. The third-order valence-electron chi connectivity index (χ3n) is 16.7. The molecular weight excluding hydrogens is 913 g/mol. The van der Waals surface area contributed by atoms with Crippen LogP contribution in [0.25, 0.3) is 87.3 Å². The van der Waals surface area contributed by atoms with Crippen molar-refractivity contribution in [2.24, 2.45) is 10.8 Å². The van der Waals surface area contributed by atoms with Crippen LogP contribution in [-0.4, -0.2) is 0 Å². The molecule has 1 aliphatic carbocycles. The number of hydrogen-bond acceptors (Lipinski definition) is 4. The van der Waals surface area contributed by atoms with Crippen LogP contribution in [0.4, 0.5) is 34.1 Å².